The van der Waals surface area contributed by atoms with Gasteiger partial charge in [-0.05, 0) is 12.5 Å². The van der Waals surface area contributed by atoms with Gasteiger partial charge in [0.25, 0.3) is 0 Å². The van der Waals surface area contributed by atoms with E-state index in [0.717, 1.165) is 11.1 Å². The number of hydrogen-bond acceptors (Lipinski definition) is 5. The van der Waals surface area contributed by atoms with Gasteiger partial charge in [-0.3, -0.25) is 9.59 Å². The van der Waals surface area contributed by atoms with Crippen LogP contribution in [0.3, 0.4) is 0 Å². The number of nitrogens with one attached hydrogen (secondary N) is 1. The Bertz CT molecular complexity index is 732. The molecule has 0 aliphatic carbocycles. The second kappa shape index (κ2) is 7.84. The number of nitrogens with zero attached hydrogens (tertiary/aromatic N) is 1. The van der Waals surface area contributed by atoms with E-state index >= 15 is 0 Å². The number of benzene rings is 1. The van der Waals surface area contributed by atoms with Crippen molar-refractivity contribution in [3.05, 3.63) is 58.6 Å². The van der Waals surface area contributed by atoms with E-state index in [1.807, 2.05) is 31.2 Å². The third kappa shape index (κ3) is 3.52. The minimum absolute atomic E-state index is 0.362. The molecule has 6 heteroatoms. The number of nitriles is 1. The molecule has 1 aromatic rings. The van der Waals surface area contributed by atoms with Gasteiger partial charge in [-0.2, -0.15) is 5.26 Å². The number of amides is 1. The molecule has 2 rings (SSSR count). The number of methoxy groups -OCH3 is 1. The second-order valence-corrected chi connectivity index (χ2v) is 6.36. The van der Waals surface area contributed by atoms with Crippen LogP contribution in [0.1, 0.15) is 17.0 Å². The zero-order valence-corrected chi connectivity index (χ0v) is 14.4. The molecule has 1 N–H and O–H groups in total. The van der Waals surface area contributed by atoms with Gasteiger partial charge in [0.1, 0.15) is 5.92 Å². The summed E-state index contributed by atoms with van der Waals surface area (Å²) in [4.78, 5) is 24.7. The van der Waals surface area contributed by atoms with Gasteiger partial charge in [-0.25, -0.2) is 0 Å². The fourth-order valence-corrected chi connectivity index (χ4v) is 3.38. The van der Waals surface area contributed by atoms with E-state index in [4.69, 9.17) is 4.74 Å². The van der Waals surface area contributed by atoms with Crippen LogP contribution in [-0.2, 0) is 14.3 Å². The lowest BCUT2D eigenvalue weighted by Gasteiger charge is -2.30. The van der Waals surface area contributed by atoms with Crippen molar-refractivity contribution in [3.8, 4) is 6.07 Å². The van der Waals surface area contributed by atoms with E-state index in [1.165, 1.54) is 18.9 Å². The van der Waals surface area contributed by atoms with Crippen LogP contribution in [0.4, 0.5) is 0 Å². The second-order valence-electron chi connectivity index (χ2n) is 5.33. The van der Waals surface area contributed by atoms with Crippen LogP contribution in [0.5, 0.6) is 0 Å². The van der Waals surface area contributed by atoms with Crippen LogP contribution < -0.4 is 5.32 Å². The van der Waals surface area contributed by atoms with E-state index in [9.17, 15) is 14.9 Å². The van der Waals surface area contributed by atoms with E-state index in [2.05, 4.69) is 18.0 Å². The Morgan fingerprint density at radius 3 is 2.67 bits per heavy atom. The molecule has 0 aromatic heterocycles. The lowest BCUT2D eigenvalue weighted by molar-refractivity contribution is -0.150. The molecular weight excluding hydrogens is 324 g/mol. The minimum Gasteiger partial charge on any atom is -0.468 e. The normalized spacial score (nSPS) is 20.1. The number of carbonyl (C=O) groups excluding carboxylic acids is 2. The fraction of sp³-hybridized carbons (Fsp3) is 0.278. The van der Waals surface area contributed by atoms with Crippen molar-refractivity contribution >= 4 is 23.6 Å². The standard InChI is InChI=1S/C18H18N2O3S/c1-4-9-24-17-13(10-19)14(12-7-5-11(2)6-8-12)15(16(21)20-17)18(22)23-3/h4-8,14-15H,1,9H2,2-3H3,(H,20,21)/t14?,15-/m0/s1. The van der Waals surface area contributed by atoms with E-state index in [1.54, 1.807) is 6.08 Å². The highest BCUT2D eigenvalue weighted by Crippen LogP contribution is 2.40. The zero-order chi connectivity index (χ0) is 17.7. The van der Waals surface area contributed by atoms with Crippen molar-refractivity contribution in [2.45, 2.75) is 12.8 Å². The van der Waals surface area contributed by atoms with Gasteiger partial charge in [0.05, 0.1) is 23.8 Å². The first-order valence-electron chi connectivity index (χ1n) is 7.36. The Morgan fingerprint density at radius 1 is 1.46 bits per heavy atom. The van der Waals surface area contributed by atoms with Crippen molar-refractivity contribution < 1.29 is 14.3 Å². The molecule has 24 heavy (non-hydrogen) atoms. The summed E-state index contributed by atoms with van der Waals surface area (Å²) in [7, 11) is 1.24. The number of rotatable bonds is 5. The molecule has 0 fully saturated rings. The number of ether oxygens (including phenoxy) is 1. The summed E-state index contributed by atoms with van der Waals surface area (Å²) in [6.45, 7) is 5.59. The summed E-state index contributed by atoms with van der Waals surface area (Å²) in [5.74, 6) is -2.31. The van der Waals surface area contributed by atoms with E-state index < -0.39 is 23.7 Å². The molecule has 0 bridgehead atoms. The number of hydrogen-bond donors (Lipinski definition) is 1. The lowest BCUT2D eigenvalue weighted by Crippen LogP contribution is -2.44. The van der Waals surface area contributed by atoms with Crippen LogP contribution in [0.25, 0.3) is 0 Å². The van der Waals surface area contributed by atoms with Gasteiger partial charge in [0.2, 0.25) is 5.91 Å². The van der Waals surface area contributed by atoms with Crippen molar-refractivity contribution in [1.82, 2.24) is 5.32 Å². The zero-order valence-electron chi connectivity index (χ0n) is 13.5. The van der Waals surface area contributed by atoms with Crippen molar-refractivity contribution in [2.75, 3.05) is 12.9 Å². The predicted molar refractivity (Wildman–Crippen MR) is 92.9 cm³/mol. The monoisotopic (exact) mass is 342 g/mol. The first-order chi connectivity index (χ1) is 11.5. The SMILES string of the molecule is C=CCSC1=C(C#N)C(c2ccc(C)cc2)[C@H](C(=O)OC)C(=O)N1. The molecule has 124 valence electrons. The highest BCUT2D eigenvalue weighted by Gasteiger charge is 2.44. The maximum absolute atomic E-state index is 12.5. The highest BCUT2D eigenvalue weighted by molar-refractivity contribution is 8.03. The van der Waals surface area contributed by atoms with E-state index in [0.29, 0.717) is 16.4 Å². The topological polar surface area (TPSA) is 79.2 Å². The number of allylic oxidation sites excluding steroid dienone is 1. The van der Waals surface area contributed by atoms with Crippen LogP contribution in [0, 0.1) is 24.2 Å². The van der Waals surface area contributed by atoms with Crippen molar-refractivity contribution in [1.29, 1.82) is 5.26 Å². The first kappa shape index (κ1) is 17.8. The molecule has 1 aromatic carbocycles. The van der Waals surface area contributed by atoms with Gasteiger partial charge in [-0.1, -0.05) is 35.9 Å². The molecule has 0 spiro atoms. The lowest BCUT2D eigenvalue weighted by atomic mass is 9.78. The van der Waals surface area contributed by atoms with Crippen LogP contribution in [-0.4, -0.2) is 24.7 Å². The molecule has 1 unspecified atom stereocenters. The fourth-order valence-electron chi connectivity index (χ4n) is 2.60. The smallest absolute Gasteiger partial charge is 0.319 e. The molecule has 1 aliphatic heterocycles. The Morgan fingerprint density at radius 2 is 2.12 bits per heavy atom. The summed E-state index contributed by atoms with van der Waals surface area (Å²) >= 11 is 1.31. The van der Waals surface area contributed by atoms with Gasteiger partial charge < -0.3 is 10.1 Å². The maximum Gasteiger partial charge on any atom is 0.319 e. The summed E-state index contributed by atoms with van der Waals surface area (Å²) in [5.41, 5.74) is 2.15. The maximum atomic E-state index is 12.5. The number of thioether (sulfide) groups is 1. The van der Waals surface area contributed by atoms with Gasteiger partial charge in [-0.15, -0.1) is 18.3 Å². The Balaban J connectivity index is 2.59. The number of aryl methyl sites for hydroxylation is 1. The third-order valence-electron chi connectivity index (χ3n) is 3.77. The van der Waals surface area contributed by atoms with Crippen LogP contribution in [0.15, 0.2) is 47.5 Å². The first-order valence-corrected chi connectivity index (χ1v) is 8.35. The molecule has 2 atom stereocenters. The summed E-state index contributed by atoms with van der Waals surface area (Å²) in [5, 5.41) is 12.8. The molecule has 0 saturated heterocycles. The molecule has 5 nitrogen and oxygen atoms in total. The summed E-state index contributed by atoms with van der Waals surface area (Å²) < 4.78 is 4.79. The molecule has 1 aliphatic rings. The average Bonchev–Trinajstić information content (AvgIpc) is 2.59. The predicted octanol–water partition coefficient (Wildman–Crippen LogP) is 2.65. The molecule has 0 saturated carbocycles. The van der Waals surface area contributed by atoms with Crippen molar-refractivity contribution in [3.63, 3.8) is 0 Å². The van der Waals surface area contributed by atoms with Gasteiger partial charge in [0, 0.05) is 11.7 Å². The third-order valence-corrected chi connectivity index (χ3v) is 4.78. The summed E-state index contributed by atoms with van der Waals surface area (Å²) in [6.07, 6.45) is 1.69. The number of carbonyl (C=O) groups is 2. The average molecular weight is 342 g/mol. The van der Waals surface area contributed by atoms with Crippen LogP contribution in [0.2, 0.25) is 0 Å². The largest absolute Gasteiger partial charge is 0.468 e. The Hall–Kier alpha value is -2.52. The van der Waals surface area contributed by atoms with Crippen molar-refractivity contribution in [2.24, 2.45) is 5.92 Å². The summed E-state index contributed by atoms with van der Waals surface area (Å²) in [6, 6.07) is 9.61. The Labute approximate surface area is 145 Å². The Kier molecular flexibility index (Phi) is 5.83. The minimum atomic E-state index is -1.08. The number of esters is 1. The van der Waals surface area contributed by atoms with Gasteiger partial charge in [0.15, 0.2) is 0 Å². The molecule has 1 heterocycles. The molecule has 1 amide bonds. The quantitative estimate of drug-likeness (QED) is 0.505. The molecular formula is C18H18N2O3S. The highest BCUT2D eigenvalue weighted by atomic mass is 32.2. The van der Waals surface area contributed by atoms with Crippen LogP contribution >= 0.6 is 11.8 Å². The molecule has 0 radical (unpaired) electrons. The van der Waals surface area contributed by atoms with E-state index in [-0.39, 0.29) is 0 Å². The van der Waals surface area contributed by atoms with Gasteiger partial charge >= 0.3 is 5.97 Å².